The number of benzene rings is 3. The van der Waals surface area contributed by atoms with E-state index in [0.29, 0.717) is 48.0 Å². The van der Waals surface area contributed by atoms with Gasteiger partial charge >= 0.3 is 0 Å². The van der Waals surface area contributed by atoms with Gasteiger partial charge in [-0.3, -0.25) is 9.59 Å². The van der Waals surface area contributed by atoms with Crippen LogP contribution < -0.4 is 10.2 Å². The number of hydrogen-bond acceptors (Lipinski definition) is 7. The number of carbonyl (C=O) groups is 2. The van der Waals surface area contributed by atoms with E-state index < -0.39 is 0 Å². The highest BCUT2D eigenvalue weighted by atomic mass is 35.5. The second kappa shape index (κ2) is 11.7. The molecule has 0 atom stereocenters. The van der Waals surface area contributed by atoms with E-state index >= 15 is 0 Å². The lowest BCUT2D eigenvalue weighted by Crippen LogP contribution is -2.48. The molecule has 0 saturated carbocycles. The van der Waals surface area contributed by atoms with Gasteiger partial charge < -0.3 is 19.5 Å². The Hall–Kier alpha value is -3.89. The molecule has 1 fully saturated rings. The molecule has 0 bridgehead atoms. The summed E-state index contributed by atoms with van der Waals surface area (Å²) < 4.78 is 18.6. The Morgan fingerprint density at radius 2 is 1.61 bits per heavy atom. The van der Waals surface area contributed by atoms with Crippen LogP contribution in [0.4, 0.5) is 15.8 Å². The zero-order chi connectivity index (χ0) is 26.5. The molecule has 2 heterocycles. The maximum absolute atomic E-state index is 13.1. The first-order chi connectivity index (χ1) is 18.4. The van der Waals surface area contributed by atoms with Crippen molar-refractivity contribution in [1.29, 1.82) is 0 Å². The molecule has 1 saturated heterocycles. The Morgan fingerprint density at radius 1 is 0.921 bits per heavy atom. The van der Waals surface area contributed by atoms with Gasteiger partial charge in [-0.2, -0.15) is 0 Å². The molecule has 3 aromatic carbocycles. The summed E-state index contributed by atoms with van der Waals surface area (Å²) in [6.45, 7) is 2.67. The monoisotopic (exact) mass is 551 g/mol. The number of aromatic nitrogens is 2. The predicted molar refractivity (Wildman–Crippen MR) is 145 cm³/mol. The van der Waals surface area contributed by atoms with Gasteiger partial charge in [0, 0.05) is 53.7 Å². The molecule has 1 aliphatic heterocycles. The van der Waals surface area contributed by atoms with Crippen molar-refractivity contribution in [2.24, 2.45) is 0 Å². The molecule has 8 nitrogen and oxygen atoms in total. The minimum absolute atomic E-state index is 0.00413. The molecule has 4 aromatic rings. The van der Waals surface area contributed by atoms with E-state index in [9.17, 15) is 14.0 Å². The van der Waals surface area contributed by atoms with Crippen molar-refractivity contribution in [3.63, 3.8) is 0 Å². The molecule has 0 spiro atoms. The largest absolute Gasteiger partial charge is 0.411 e. The lowest BCUT2D eigenvalue weighted by molar-refractivity contribution is -0.113. The first-order valence-electron chi connectivity index (χ1n) is 11.9. The summed E-state index contributed by atoms with van der Waals surface area (Å²) in [7, 11) is 0. The highest BCUT2D eigenvalue weighted by Gasteiger charge is 2.22. The number of piperazine rings is 1. The van der Waals surface area contributed by atoms with Gasteiger partial charge in [0.1, 0.15) is 5.82 Å². The second-order valence-corrected chi connectivity index (χ2v) is 9.91. The highest BCUT2D eigenvalue weighted by molar-refractivity contribution is 7.99. The molecule has 2 amide bonds. The van der Waals surface area contributed by atoms with E-state index in [2.05, 4.69) is 20.4 Å². The van der Waals surface area contributed by atoms with E-state index in [-0.39, 0.29) is 34.5 Å². The Kier molecular flexibility index (Phi) is 7.90. The van der Waals surface area contributed by atoms with Gasteiger partial charge in [0.05, 0.1) is 5.75 Å². The zero-order valence-electron chi connectivity index (χ0n) is 20.1. The number of nitrogens with one attached hydrogen (secondary N) is 1. The molecule has 0 radical (unpaired) electrons. The number of carbonyl (C=O) groups excluding carboxylic acids is 2. The van der Waals surface area contributed by atoms with Crippen molar-refractivity contribution in [3.05, 3.63) is 89.2 Å². The first-order valence-corrected chi connectivity index (χ1v) is 13.2. The zero-order valence-corrected chi connectivity index (χ0v) is 21.7. The summed E-state index contributed by atoms with van der Waals surface area (Å²) in [5.41, 5.74) is 2.93. The molecule has 0 unspecified atom stereocenters. The fraction of sp³-hybridized carbons (Fsp3) is 0.185. The quantitative estimate of drug-likeness (QED) is 0.315. The van der Waals surface area contributed by atoms with Crippen LogP contribution in [0.2, 0.25) is 5.02 Å². The summed E-state index contributed by atoms with van der Waals surface area (Å²) in [6.07, 6.45) is 0. The van der Waals surface area contributed by atoms with Gasteiger partial charge in [-0.15, -0.1) is 10.2 Å². The lowest BCUT2D eigenvalue weighted by atomic mass is 10.1. The molecular formula is C27H23ClFN5O3S. The average molecular weight is 552 g/mol. The molecular weight excluding hydrogens is 529 g/mol. The Labute approximate surface area is 227 Å². The van der Waals surface area contributed by atoms with E-state index in [1.807, 2.05) is 29.2 Å². The van der Waals surface area contributed by atoms with Crippen LogP contribution in [0.15, 0.2) is 82.4 Å². The first kappa shape index (κ1) is 25.7. The summed E-state index contributed by atoms with van der Waals surface area (Å²) >= 11 is 7.04. The van der Waals surface area contributed by atoms with Crippen LogP contribution in [0.5, 0.6) is 0 Å². The standard InChI is InChI=1S/C27H23ClFN5O3S/c28-20-5-1-19(2-6-20)26(36)34-15-13-33(14-16-34)23-11-9-22(10-12-23)30-24(35)17-38-27-32-31-25(37-27)18-3-7-21(29)8-4-18/h1-12H,13-17H2,(H,30,35). The van der Waals surface area contributed by atoms with Crippen LogP contribution in [0.3, 0.4) is 0 Å². The van der Waals surface area contributed by atoms with Crippen molar-refractivity contribution in [2.75, 3.05) is 42.1 Å². The number of rotatable bonds is 7. The van der Waals surface area contributed by atoms with Crippen LogP contribution >= 0.6 is 23.4 Å². The van der Waals surface area contributed by atoms with Crippen LogP contribution in [0.1, 0.15) is 10.4 Å². The van der Waals surface area contributed by atoms with Gasteiger partial charge in [-0.1, -0.05) is 23.4 Å². The van der Waals surface area contributed by atoms with Crippen molar-refractivity contribution in [3.8, 4) is 11.5 Å². The molecule has 0 aliphatic carbocycles. The normalized spacial score (nSPS) is 13.4. The maximum Gasteiger partial charge on any atom is 0.277 e. The maximum atomic E-state index is 13.1. The van der Waals surface area contributed by atoms with Crippen LogP contribution in [-0.4, -0.2) is 58.8 Å². The molecule has 5 rings (SSSR count). The summed E-state index contributed by atoms with van der Waals surface area (Å²) in [5, 5.41) is 11.6. The van der Waals surface area contributed by atoms with Crippen LogP contribution in [0, 0.1) is 5.82 Å². The van der Waals surface area contributed by atoms with Gasteiger partial charge in [-0.05, 0) is 72.8 Å². The van der Waals surface area contributed by atoms with Gasteiger partial charge in [0.15, 0.2) is 0 Å². The van der Waals surface area contributed by atoms with Gasteiger partial charge in [-0.25, -0.2) is 4.39 Å². The topological polar surface area (TPSA) is 91.6 Å². The molecule has 194 valence electrons. The number of anilines is 2. The third-order valence-corrected chi connectivity index (χ3v) is 7.07. The number of halogens is 2. The summed E-state index contributed by atoms with van der Waals surface area (Å²) in [4.78, 5) is 29.2. The van der Waals surface area contributed by atoms with Gasteiger partial charge in [0.25, 0.3) is 11.1 Å². The predicted octanol–water partition coefficient (Wildman–Crippen LogP) is 5.22. The lowest BCUT2D eigenvalue weighted by Gasteiger charge is -2.36. The fourth-order valence-electron chi connectivity index (χ4n) is 4.00. The van der Waals surface area contributed by atoms with Crippen molar-refractivity contribution >= 4 is 46.6 Å². The Morgan fingerprint density at radius 3 is 2.29 bits per heavy atom. The Balaban J connectivity index is 1.08. The molecule has 1 N–H and O–H groups in total. The van der Waals surface area contributed by atoms with Crippen molar-refractivity contribution in [2.45, 2.75) is 5.22 Å². The van der Waals surface area contributed by atoms with E-state index in [4.69, 9.17) is 16.0 Å². The van der Waals surface area contributed by atoms with E-state index in [0.717, 1.165) is 17.4 Å². The summed E-state index contributed by atoms with van der Waals surface area (Å²) in [6, 6.07) is 20.3. The number of nitrogens with zero attached hydrogens (tertiary/aromatic N) is 4. The van der Waals surface area contributed by atoms with E-state index in [1.54, 1.807) is 36.4 Å². The Bertz CT molecular complexity index is 1410. The molecule has 1 aliphatic rings. The summed E-state index contributed by atoms with van der Waals surface area (Å²) in [5.74, 6) is -0.199. The van der Waals surface area contributed by atoms with Crippen molar-refractivity contribution in [1.82, 2.24) is 15.1 Å². The number of amides is 2. The molecule has 1 aromatic heterocycles. The van der Waals surface area contributed by atoms with E-state index in [1.165, 1.54) is 12.1 Å². The third-order valence-electron chi connectivity index (χ3n) is 6.00. The minimum Gasteiger partial charge on any atom is -0.411 e. The van der Waals surface area contributed by atoms with Crippen LogP contribution in [0.25, 0.3) is 11.5 Å². The van der Waals surface area contributed by atoms with Crippen LogP contribution in [-0.2, 0) is 4.79 Å². The number of thioether (sulfide) groups is 1. The molecule has 38 heavy (non-hydrogen) atoms. The second-order valence-electron chi connectivity index (χ2n) is 8.55. The SMILES string of the molecule is O=C(CSc1nnc(-c2ccc(F)cc2)o1)Nc1ccc(N2CCN(C(=O)c3ccc(Cl)cc3)CC2)cc1. The minimum atomic E-state index is -0.350. The van der Waals surface area contributed by atoms with Gasteiger partial charge in [0.2, 0.25) is 11.8 Å². The third kappa shape index (κ3) is 6.32. The highest BCUT2D eigenvalue weighted by Crippen LogP contribution is 2.24. The average Bonchev–Trinajstić information content (AvgIpc) is 3.42. The number of hydrogen-bond donors (Lipinski definition) is 1. The van der Waals surface area contributed by atoms with Crippen molar-refractivity contribution < 1.29 is 18.4 Å². The molecule has 11 heteroatoms. The smallest absolute Gasteiger partial charge is 0.277 e. The fourth-order valence-corrected chi connectivity index (χ4v) is 4.69.